The Labute approximate surface area is 149 Å². The van der Waals surface area contributed by atoms with Crippen molar-refractivity contribution in [2.24, 2.45) is 0 Å². The second-order valence-corrected chi connectivity index (χ2v) is 6.39. The molecule has 0 aliphatic rings. The number of benzene rings is 1. The molecule has 25 heavy (non-hydrogen) atoms. The number of esters is 2. The lowest BCUT2D eigenvalue weighted by Crippen LogP contribution is -2.62. The van der Waals surface area contributed by atoms with Crippen LogP contribution in [0.1, 0.15) is 25.8 Å². The molecule has 0 saturated heterocycles. The van der Waals surface area contributed by atoms with Gasteiger partial charge in [-0.05, 0) is 26.0 Å². The molecule has 134 valence electrons. The standard InChI is InChI=1S/C17H20N2O5S/c1-4-23-15(21)17(19-11(3)20,16(22)24-5-2)10-14-18-12-8-6-7-9-13(12)25-14/h6-9H,4-5,10H2,1-3H3,(H,19,20). The van der Waals surface area contributed by atoms with Crippen molar-refractivity contribution in [2.75, 3.05) is 13.2 Å². The zero-order valence-corrected chi connectivity index (χ0v) is 15.1. The topological polar surface area (TPSA) is 94.6 Å². The summed E-state index contributed by atoms with van der Waals surface area (Å²) in [6.45, 7) is 4.61. The van der Waals surface area contributed by atoms with Crippen molar-refractivity contribution in [1.82, 2.24) is 10.3 Å². The Morgan fingerprint density at radius 2 is 1.72 bits per heavy atom. The number of amides is 1. The third-order valence-electron chi connectivity index (χ3n) is 3.39. The van der Waals surface area contributed by atoms with E-state index in [2.05, 4.69) is 10.3 Å². The highest BCUT2D eigenvalue weighted by Crippen LogP contribution is 2.26. The molecule has 7 nitrogen and oxygen atoms in total. The summed E-state index contributed by atoms with van der Waals surface area (Å²) in [5.41, 5.74) is -1.20. The number of para-hydroxylation sites is 1. The number of fused-ring (bicyclic) bond motifs is 1. The highest BCUT2D eigenvalue weighted by atomic mass is 32.1. The van der Waals surface area contributed by atoms with Crippen LogP contribution in [0.25, 0.3) is 10.2 Å². The monoisotopic (exact) mass is 364 g/mol. The quantitative estimate of drug-likeness (QED) is 0.595. The molecule has 1 heterocycles. The average Bonchev–Trinajstić information content (AvgIpc) is 2.96. The maximum Gasteiger partial charge on any atom is 0.344 e. The average molecular weight is 364 g/mol. The molecule has 1 N–H and O–H groups in total. The number of carbonyl (C=O) groups excluding carboxylic acids is 3. The van der Waals surface area contributed by atoms with Gasteiger partial charge in [0.1, 0.15) is 0 Å². The van der Waals surface area contributed by atoms with Crippen LogP contribution in [0.2, 0.25) is 0 Å². The highest BCUT2D eigenvalue weighted by molar-refractivity contribution is 7.18. The summed E-state index contributed by atoms with van der Waals surface area (Å²) < 4.78 is 11.0. The summed E-state index contributed by atoms with van der Waals surface area (Å²) in [6.07, 6.45) is -0.135. The minimum absolute atomic E-state index is 0.0689. The Balaban J connectivity index is 2.48. The number of hydrogen-bond acceptors (Lipinski definition) is 7. The molecule has 0 bridgehead atoms. The second-order valence-electron chi connectivity index (χ2n) is 5.28. The van der Waals surface area contributed by atoms with Crippen LogP contribution in [-0.4, -0.2) is 41.6 Å². The first-order valence-electron chi connectivity index (χ1n) is 7.90. The van der Waals surface area contributed by atoms with Gasteiger partial charge in [0.15, 0.2) is 0 Å². The van der Waals surface area contributed by atoms with Crippen molar-refractivity contribution in [2.45, 2.75) is 32.7 Å². The van der Waals surface area contributed by atoms with Crippen LogP contribution >= 0.6 is 11.3 Å². The zero-order chi connectivity index (χ0) is 18.4. The van der Waals surface area contributed by atoms with Crippen molar-refractivity contribution in [1.29, 1.82) is 0 Å². The van der Waals surface area contributed by atoms with Crippen molar-refractivity contribution in [3.05, 3.63) is 29.3 Å². The van der Waals surface area contributed by atoms with Gasteiger partial charge in [-0.25, -0.2) is 14.6 Å². The fourth-order valence-electron chi connectivity index (χ4n) is 2.41. The van der Waals surface area contributed by atoms with Crippen LogP contribution in [0.3, 0.4) is 0 Å². The molecule has 0 radical (unpaired) electrons. The van der Waals surface area contributed by atoms with E-state index in [-0.39, 0.29) is 19.6 Å². The largest absolute Gasteiger partial charge is 0.464 e. The molecule has 0 fully saturated rings. The van der Waals surface area contributed by atoms with Crippen molar-refractivity contribution >= 4 is 39.4 Å². The second kappa shape index (κ2) is 8.06. The Kier molecular flexibility index (Phi) is 6.08. The number of nitrogens with zero attached hydrogens (tertiary/aromatic N) is 1. The molecule has 8 heteroatoms. The number of aromatic nitrogens is 1. The Bertz CT molecular complexity index is 735. The van der Waals surface area contributed by atoms with E-state index < -0.39 is 23.4 Å². The summed E-state index contributed by atoms with van der Waals surface area (Å²) in [5, 5.41) is 2.96. The van der Waals surface area contributed by atoms with Gasteiger partial charge < -0.3 is 14.8 Å². The van der Waals surface area contributed by atoms with E-state index in [0.29, 0.717) is 5.01 Å². The molecule has 2 rings (SSSR count). The van der Waals surface area contributed by atoms with E-state index in [9.17, 15) is 14.4 Å². The van der Waals surface area contributed by atoms with Gasteiger partial charge in [0.2, 0.25) is 11.4 Å². The van der Waals surface area contributed by atoms with Gasteiger partial charge >= 0.3 is 11.9 Å². The van der Waals surface area contributed by atoms with Gasteiger partial charge in [0.05, 0.1) is 28.4 Å². The van der Waals surface area contributed by atoms with E-state index in [1.165, 1.54) is 18.3 Å². The lowest BCUT2D eigenvalue weighted by molar-refractivity contribution is -0.168. The summed E-state index contributed by atoms with van der Waals surface area (Å²) in [7, 11) is 0. The maximum atomic E-state index is 12.6. The molecule has 0 atom stereocenters. The Morgan fingerprint density at radius 1 is 1.12 bits per heavy atom. The van der Waals surface area contributed by atoms with E-state index in [1.54, 1.807) is 13.8 Å². The molecular formula is C17H20N2O5S. The van der Waals surface area contributed by atoms with E-state index in [4.69, 9.17) is 9.47 Å². The molecule has 0 aliphatic heterocycles. The lowest BCUT2D eigenvalue weighted by atomic mass is 9.95. The minimum atomic E-state index is -1.95. The normalized spacial score (nSPS) is 11.2. The van der Waals surface area contributed by atoms with Crippen LogP contribution in [0.5, 0.6) is 0 Å². The van der Waals surface area contributed by atoms with E-state index in [0.717, 1.165) is 10.2 Å². The van der Waals surface area contributed by atoms with Gasteiger partial charge in [0.25, 0.3) is 0 Å². The van der Waals surface area contributed by atoms with Gasteiger partial charge in [-0.1, -0.05) is 12.1 Å². The molecule has 0 unspecified atom stereocenters. The van der Waals surface area contributed by atoms with Crippen LogP contribution < -0.4 is 5.32 Å². The third kappa shape index (κ3) is 4.14. The lowest BCUT2D eigenvalue weighted by Gasteiger charge is -2.28. The van der Waals surface area contributed by atoms with Crippen LogP contribution in [-0.2, 0) is 30.3 Å². The van der Waals surface area contributed by atoms with Gasteiger partial charge in [-0.15, -0.1) is 11.3 Å². The first-order valence-corrected chi connectivity index (χ1v) is 8.72. The summed E-state index contributed by atoms with van der Waals surface area (Å²) in [4.78, 5) is 41.3. The SMILES string of the molecule is CCOC(=O)C(Cc1nc2ccccc2s1)(NC(C)=O)C(=O)OCC. The first kappa shape index (κ1) is 18.9. The van der Waals surface area contributed by atoms with Gasteiger partial charge in [-0.3, -0.25) is 4.79 Å². The number of thiazole rings is 1. The predicted octanol–water partition coefficient (Wildman–Crippen LogP) is 1.84. The first-order chi connectivity index (χ1) is 11.9. The van der Waals surface area contributed by atoms with E-state index in [1.807, 2.05) is 24.3 Å². The number of rotatable bonds is 7. The molecule has 1 aromatic heterocycles. The van der Waals surface area contributed by atoms with Crippen molar-refractivity contribution < 1.29 is 23.9 Å². The van der Waals surface area contributed by atoms with Crippen molar-refractivity contribution in [3.63, 3.8) is 0 Å². The minimum Gasteiger partial charge on any atom is -0.464 e. The molecule has 0 spiro atoms. The summed E-state index contributed by atoms with van der Waals surface area (Å²) in [6, 6.07) is 7.46. The number of carbonyl (C=O) groups is 3. The molecular weight excluding hydrogens is 344 g/mol. The van der Waals surface area contributed by atoms with Crippen LogP contribution in [0, 0.1) is 0 Å². The third-order valence-corrected chi connectivity index (χ3v) is 4.43. The number of hydrogen-bond donors (Lipinski definition) is 1. The Morgan fingerprint density at radius 3 is 2.24 bits per heavy atom. The Hall–Kier alpha value is -2.48. The maximum absolute atomic E-state index is 12.6. The van der Waals surface area contributed by atoms with Crippen LogP contribution in [0.15, 0.2) is 24.3 Å². The molecule has 1 aromatic carbocycles. The van der Waals surface area contributed by atoms with Gasteiger partial charge in [-0.2, -0.15) is 0 Å². The summed E-state index contributed by atoms with van der Waals surface area (Å²) in [5.74, 6) is -2.26. The van der Waals surface area contributed by atoms with E-state index >= 15 is 0 Å². The molecule has 0 saturated carbocycles. The fourth-order valence-corrected chi connectivity index (χ4v) is 3.46. The number of ether oxygens (including phenoxy) is 2. The smallest absolute Gasteiger partial charge is 0.344 e. The zero-order valence-electron chi connectivity index (χ0n) is 14.3. The molecule has 2 aromatic rings. The van der Waals surface area contributed by atoms with Gasteiger partial charge in [0, 0.05) is 13.3 Å². The van der Waals surface area contributed by atoms with Crippen LogP contribution in [0.4, 0.5) is 0 Å². The highest BCUT2D eigenvalue weighted by Gasteiger charge is 2.50. The molecule has 0 aliphatic carbocycles. The fraction of sp³-hybridized carbons (Fsp3) is 0.412. The summed E-state index contributed by atoms with van der Waals surface area (Å²) >= 11 is 1.34. The number of nitrogens with one attached hydrogen (secondary N) is 1. The molecule has 1 amide bonds. The predicted molar refractivity (Wildman–Crippen MR) is 93.1 cm³/mol. The van der Waals surface area contributed by atoms with Crippen molar-refractivity contribution in [3.8, 4) is 0 Å².